The monoisotopic (exact) mass is 465 g/mol. The van der Waals surface area contributed by atoms with E-state index in [0.717, 1.165) is 25.7 Å². The molecule has 2 aromatic rings. The van der Waals surface area contributed by atoms with E-state index in [2.05, 4.69) is 30.1 Å². The fourth-order valence-electron chi connectivity index (χ4n) is 4.66. The maximum atomic E-state index is 13.3. The minimum absolute atomic E-state index is 0.0122. The van der Waals surface area contributed by atoms with Gasteiger partial charge < -0.3 is 15.2 Å². The van der Waals surface area contributed by atoms with Crippen LogP contribution in [0.15, 0.2) is 11.4 Å². The zero-order valence-corrected chi connectivity index (χ0v) is 18.5. The molecule has 5 rings (SSSR count). The summed E-state index contributed by atoms with van der Waals surface area (Å²) in [5.41, 5.74) is 14.6. The van der Waals surface area contributed by atoms with E-state index in [1.165, 1.54) is 13.4 Å². The Kier molecular flexibility index (Phi) is 5.24. The third-order valence-electron chi connectivity index (χ3n) is 6.19. The Hall–Kier alpha value is -2.47. The number of nitrogens with two attached hydrogens (primary N) is 1. The molecule has 14 nitrogen and oxygen atoms in total. The van der Waals surface area contributed by atoms with Crippen LogP contribution in [-0.4, -0.2) is 57.0 Å². The third-order valence-corrected chi connectivity index (χ3v) is 7.86. The molecule has 0 amide bonds. The molecule has 1 unspecified atom stereocenters. The number of hydrogen-bond donors (Lipinski definition) is 2. The second-order valence-corrected chi connectivity index (χ2v) is 10.0. The van der Waals surface area contributed by atoms with Crippen LogP contribution in [-0.2, 0) is 18.3 Å². The molecule has 15 heteroatoms. The average Bonchev–Trinajstić information content (AvgIpc) is 3.47. The molecule has 0 radical (unpaired) electrons. The number of nitrogens with zero attached hydrogens (tertiary/aromatic N) is 7. The van der Waals surface area contributed by atoms with Crippen molar-refractivity contribution in [2.24, 2.45) is 5.11 Å². The first kappa shape index (κ1) is 21.4. The van der Waals surface area contributed by atoms with E-state index in [4.69, 9.17) is 24.3 Å². The quantitative estimate of drug-likeness (QED) is 0.287. The number of imidazole rings is 1. The van der Waals surface area contributed by atoms with E-state index in [-0.39, 0.29) is 24.5 Å². The third kappa shape index (κ3) is 3.40. The van der Waals surface area contributed by atoms with Gasteiger partial charge in [-0.25, -0.2) is 14.6 Å². The van der Waals surface area contributed by atoms with Gasteiger partial charge in [0.2, 0.25) is 11.8 Å². The minimum atomic E-state index is -3.61. The zero-order valence-electron chi connectivity index (χ0n) is 17.6. The second-order valence-electron chi connectivity index (χ2n) is 8.29. The van der Waals surface area contributed by atoms with Crippen molar-refractivity contribution in [2.45, 2.75) is 62.6 Å². The van der Waals surface area contributed by atoms with Crippen molar-refractivity contribution in [1.29, 1.82) is 0 Å². The Morgan fingerprint density at radius 1 is 1.44 bits per heavy atom. The molecule has 3 N–H and O–H groups in total. The molecule has 172 valence electrons. The van der Waals surface area contributed by atoms with Gasteiger partial charge in [-0.2, -0.15) is 9.97 Å². The number of ether oxygens (including phenoxy) is 2. The molecule has 0 aromatic carbocycles. The van der Waals surface area contributed by atoms with Crippen LogP contribution in [0, 0.1) is 0 Å². The normalized spacial score (nSPS) is 35.0. The highest BCUT2D eigenvalue weighted by Gasteiger charge is 2.60. The molecule has 2 saturated heterocycles. The van der Waals surface area contributed by atoms with Gasteiger partial charge in [-0.3, -0.25) is 13.6 Å². The second kappa shape index (κ2) is 7.84. The summed E-state index contributed by atoms with van der Waals surface area (Å²) in [7, 11) is -2.16. The van der Waals surface area contributed by atoms with Gasteiger partial charge in [-0.1, -0.05) is 18.0 Å². The number of nitrogens with one attached hydrogen (secondary N) is 1. The van der Waals surface area contributed by atoms with Gasteiger partial charge in [0.05, 0.1) is 20.0 Å². The summed E-state index contributed by atoms with van der Waals surface area (Å²) in [4.78, 5) is 15.6. The van der Waals surface area contributed by atoms with Crippen molar-refractivity contribution >= 4 is 24.9 Å². The fraction of sp³-hybridized carbons (Fsp3) is 0.706. The van der Waals surface area contributed by atoms with Gasteiger partial charge in [0.25, 0.3) is 0 Å². The van der Waals surface area contributed by atoms with Crippen LogP contribution in [0.3, 0.4) is 0 Å². The molecular formula is C17H24N9O5P. The molecule has 2 aromatic heterocycles. The van der Waals surface area contributed by atoms with Crippen LogP contribution in [0.4, 0.5) is 5.95 Å². The molecule has 3 fully saturated rings. The summed E-state index contributed by atoms with van der Waals surface area (Å²) in [5, 5.41) is 7.05. The van der Waals surface area contributed by atoms with E-state index in [0.29, 0.717) is 11.2 Å². The van der Waals surface area contributed by atoms with Crippen molar-refractivity contribution in [3.8, 4) is 5.88 Å². The first-order valence-electron chi connectivity index (χ1n) is 10.3. The van der Waals surface area contributed by atoms with Crippen molar-refractivity contribution in [2.75, 3.05) is 19.5 Å². The maximum Gasteiger partial charge on any atom is 0.406 e. The Morgan fingerprint density at radius 3 is 2.94 bits per heavy atom. The van der Waals surface area contributed by atoms with Crippen LogP contribution >= 0.6 is 7.75 Å². The molecule has 1 aliphatic carbocycles. The van der Waals surface area contributed by atoms with Gasteiger partial charge in [0.1, 0.15) is 17.7 Å². The molecule has 1 saturated carbocycles. The first-order valence-corrected chi connectivity index (χ1v) is 11.9. The largest absolute Gasteiger partial charge is 0.479 e. The van der Waals surface area contributed by atoms with E-state index < -0.39 is 31.7 Å². The van der Waals surface area contributed by atoms with E-state index in [1.54, 1.807) is 11.5 Å². The van der Waals surface area contributed by atoms with Gasteiger partial charge in [0.15, 0.2) is 17.4 Å². The van der Waals surface area contributed by atoms with Crippen molar-refractivity contribution in [3.63, 3.8) is 0 Å². The maximum absolute atomic E-state index is 13.3. The Balaban J connectivity index is 1.52. The summed E-state index contributed by atoms with van der Waals surface area (Å²) in [6.07, 6.45) is 3.09. The smallest absolute Gasteiger partial charge is 0.406 e. The first-order chi connectivity index (χ1) is 15.4. The molecule has 0 spiro atoms. The highest BCUT2D eigenvalue weighted by atomic mass is 31.2. The fourth-order valence-corrected chi connectivity index (χ4v) is 6.55. The highest BCUT2D eigenvalue weighted by molar-refractivity contribution is 7.51. The number of aromatic nitrogens is 4. The average molecular weight is 465 g/mol. The molecule has 3 aliphatic rings. The van der Waals surface area contributed by atoms with E-state index >= 15 is 0 Å². The number of anilines is 1. The lowest BCUT2D eigenvalue weighted by molar-refractivity contribution is -0.0589. The van der Waals surface area contributed by atoms with Gasteiger partial charge in [0, 0.05) is 11.0 Å². The number of hydrogen-bond acceptors (Lipinski definition) is 10. The summed E-state index contributed by atoms with van der Waals surface area (Å²) in [6, 6.07) is 0.0611. The molecule has 32 heavy (non-hydrogen) atoms. The molecule has 2 aliphatic heterocycles. The summed E-state index contributed by atoms with van der Waals surface area (Å²) < 4.78 is 37.9. The Bertz CT molecular complexity index is 1130. The van der Waals surface area contributed by atoms with Crippen LogP contribution in [0.1, 0.15) is 38.8 Å². The van der Waals surface area contributed by atoms with Crippen molar-refractivity contribution < 1.29 is 23.1 Å². The van der Waals surface area contributed by atoms with Crippen molar-refractivity contribution in [3.05, 3.63) is 16.8 Å². The van der Waals surface area contributed by atoms with Gasteiger partial charge in [-0.15, -0.1) is 0 Å². The standard InChI is InChI=1S/C17H24N9O5P/c1-17(24-25-19)12-10(7-29-32(27,31-12)23-9-5-3-4-6-9)30-15(17)26-8-20-11-13(26)21-16(18)22-14(11)28-2/h8-10,12,15H,3-7H2,1-2H3,(H,23,27)(H2,18,21,22)/t10-,12-,15-,17-,32?/m1/s1. The Morgan fingerprint density at radius 2 is 2.22 bits per heavy atom. The zero-order chi connectivity index (χ0) is 22.5. The summed E-state index contributed by atoms with van der Waals surface area (Å²) in [6.45, 7) is 1.70. The van der Waals surface area contributed by atoms with Gasteiger partial charge >= 0.3 is 7.75 Å². The molecule has 4 heterocycles. The predicted molar refractivity (Wildman–Crippen MR) is 112 cm³/mol. The number of nitrogen functional groups attached to an aromatic ring is 1. The predicted octanol–water partition coefficient (Wildman–Crippen LogP) is 2.44. The minimum Gasteiger partial charge on any atom is -0.479 e. The topological polar surface area (TPSA) is 184 Å². The van der Waals surface area contributed by atoms with Crippen LogP contribution in [0.2, 0.25) is 0 Å². The van der Waals surface area contributed by atoms with E-state index in [9.17, 15) is 10.1 Å². The van der Waals surface area contributed by atoms with Crippen molar-refractivity contribution in [1.82, 2.24) is 24.6 Å². The molecule has 5 atom stereocenters. The lowest BCUT2D eigenvalue weighted by atomic mass is 9.93. The lowest BCUT2D eigenvalue weighted by Gasteiger charge is -2.37. The highest BCUT2D eigenvalue weighted by Crippen LogP contribution is 2.57. The Labute approximate surface area is 183 Å². The van der Waals surface area contributed by atoms with Crippen LogP contribution < -0.4 is 15.6 Å². The van der Waals surface area contributed by atoms with E-state index in [1.807, 2.05) is 0 Å². The van der Waals surface area contributed by atoms with Crippen LogP contribution in [0.5, 0.6) is 5.88 Å². The SMILES string of the molecule is COc1nc(N)nc2c1ncn2[C@@H]1O[C@@H]2COP(=O)(NC3CCCC3)O[C@H]2[C@@]1(C)N=[N+]=[N-]. The summed E-state index contributed by atoms with van der Waals surface area (Å²) in [5.74, 6) is 0.193. The lowest BCUT2D eigenvalue weighted by Crippen LogP contribution is -2.48. The summed E-state index contributed by atoms with van der Waals surface area (Å²) >= 11 is 0. The molecular weight excluding hydrogens is 441 g/mol. The number of azide groups is 1. The number of fused-ring (bicyclic) bond motifs is 2. The molecule has 0 bridgehead atoms. The van der Waals surface area contributed by atoms with Crippen LogP contribution in [0.25, 0.3) is 21.6 Å². The number of rotatable bonds is 5. The van der Waals surface area contributed by atoms with Gasteiger partial charge in [-0.05, 0) is 25.3 Å². The number of methoxy groups -OCH3 is 1.